The number of carbonyl (C=O) groups is 1. The molecule has 130 valence electrons. The van der Waals surface area contributed by atoms with Crippen LogP contribution in [0.5, 0.6) is 0 Å². The monoisotopic (exact) mass is 338 g/mol. The van der Waals surface area contributed by atoms with Crippen molar-refractivity contribution >= 4 is 16.9 Å². The molecule has 3 aromatic rings. The highest BCUT2D eigenvalue weighted by Gasteiger charge is 2.31. The maximum atomic E-state index is 13.3. The van der Waals surface area contributed by atoms with Gasteiger partial charge in [0.25, 0.3) is 5.91 Å². The molecule has 1 fully saturated rings. The lowest BCUT2D eigenvalue weighted by atomic mass is 10.1. The second kappa shape index (κ2) is 5.98. The van der Waals surface area contributed by atoms with Crippen LogP contribution in [0.25, 0.3) is 11.0 Å². The Morgan fingerprint density at radius 1 is 1.36 bits per heavy atom. The molecular formula is C18H22N6O. The van der Waals surface area contributed by atoms with E-state index in [1.54, 1.807) is 10.9 Å². The molecule has 0 aromatic carbocycles. The van der Waals surface area contributed by atoms with Gasteiger partial charge in [0.15, 0.2) is 5.65 Å². The van der Waals surface area contributed by atoms with E-state index >= 15 is 0 Å². The summed E-state index contributed by atoms with van der Waals surface area (Å²) in [5.41, 5.74) is 3.15. The van der Waals surface area contributed by atoms with Gasteiger partial charge in [-0.15, -0.1) is 0 Å². The fourth-order valence-electron chi connectivity index (χ4n) is 3.81. The second-order valence-corrected chi connectivity index (χ2v) is 6.74. The second-order valence-electron chi connectivity index (χ2n) is 6.74. The largest absolute Gasteiger partial charge is 0.334 e. The lowest BCUT2D eigenvalue weighted by molar-refractivity contribution is 0.0723. The Bertz CT molecular complexity index is 927. The topological polar surface area (TPSA) is 68.8 Å². The maximum Gasteiger partial charge on any atom is 0.255 e. The number of rotatable bonds is 3. The van der Waals surface area contributed by atoms with Crippen LogP contribution in [0.3, 0.4) is 0 Å². The molecule has 1 saturated heterocycles. The minimum Gasteiger partial charge on any atom is -0.334 e. The minimum atomic E-state index is 0.0706. The van der Waals surface area contributed by atoms with Gasteiger partial charge in [-0.05, 0) is 38.8 Å². The van der Waals surface area contributed by atoms with Crippen LogP contribution in [-0.2, 0) is 13.6 Å². The molecule has 0 unspecified atom stereocenters. The number of pyridine rings is 1. The number of fused-ring (bicyclic) bond motifs is 1. The fourth-order valence-corrected chi connectivity index (χ4v) is 3.81. The SMILES string of the molecule is Cc1cc(C(=O)N2CCC[C@H]2Cn2cccn2)c2c(C)nn(C)c2n1. The normalized spacial score (nSPS) is 17.6. The molecule has 1 aliphatic heterocycles. The zero-order valence-corrected chi connectivity index (χ0v) is 14.8. The van der Waals surface area contributed by atoms with Gasteiger partial charge in [0.2, 0.25) is 0 Å². The van der Waals surface area contributed by atoms with Gasteiger partial charge in [0.1, 0.15) is 0 Å². The fraction of sp³-hybridized carbons (Fsp3) is 0.444. The Hall–Kier alpha value is -2.70. The van der Waals surface area contributed by atoms with Crippen molar-refractivity contribution < 1.29 is 4.79 Å². The number of carbonyl (C=O) groups excluding carboxylic acids is 1. The molecule has 0 radical (unpaired) electrons. The van der Waals surface area contributed by atoms with Crippen LogP contribution in [0.15, 0.2) is 24.5 Å². The van der Waals surface area contributed by atoms with E-state index in [-0.39, 0.29) is 11.9 Å². The molecule has 7 nitrogen and oxygen atoms in total. The van der Waals surface area contributed by atoms with E-state index in [1.165, 1.54) is 0 Å². The van der Waals surface area contributed by atoms with E-state index in [4.69, 9.17) is 0 Å². The average Bonchev–Trinajstić information content (AvgIpc) is 3.30. The molecule has 4 rings (SSSR count). The summed E-state index contributed by atoms with van der Waals surface area (Å²) in [6, 6.07) is 3.98. The van der Waals surface area contributed by atoms with Crippen LogP contribution in [-0.4, -0.2) is 47.9 Å². The van der Waals surface area contributed by atoms with Crippen molar-refractivity contribution in [3.63, 3.8) is 0 Å². The summed E-state index contributed by atoms with van der Waals surface area (Å²) < 4.78 is 3.65. The number of nitrogens with zero attached hydrogens (tertiary/aromatic N) is 6. The highest BCUT2D eigenvalue weighted by Crippen LogP contribution is 2.27. The number of hydrogen-bond donors (Lipinski definition) is 0. The predicted molar refractivity (Wildman–Crippen MR) is 94.3 cm³/mol. The lowest BCUT2D eigenvalue weighted by Gasteiger charge is -2.25. The third kappa shape index (κ3) is 2.69. The highest BCUT2D eigenvalue weighted by molar-refractivity contribution is 6.06. The third-order valence-electron chi connectivity index (χ3n) is 4.92. The van der Waals surface area contributed by atoms with Gasteiger partial charge in [-0.3, -0.25) is 14.2 Å². The van der Waals surface area contributed by atoms with Gasteiger partial charge >= 0.3 is 0 Å². The van der Waals surface area contributed by atoms with Crippen molar-refractivity contribution in [2.45, 2.75) is 39.3 Å². The quantitative estimate of drug-likeness (QED) is 0.733. The first-order chi connectivity index (χ1) is 12.0. The molecule has 0 bridgehead atoms. The van der Waals surface area contributed by atoms with E-state index in [0.717, 1.165) is 48.4 Å². The van der Waals surface area contributed by atoms with Crippen LogP contribution < -0.4 is 0 Å². The standard InChI is InChI=1S/C18H22N6O/c1-12-10-15(16-13(2)21-22(3)17(16)20-12)18(25)24-9-4-6-14(24)11-23-8-5-7-19-23/h5,7-8,10,14H,4,6,9,11H2,1-3H3/t14-/m0/s1. The van der Waals surface area contributed by atoms with Crippen LogP contribution in [0, 0.1) is 13.8 Å². The first-order valence-corrected chi connectivity index (χ1v) is 8.64. The average molecular weight is 338 g/mol. The molecule has 0 aliphatic carbocycles. The third-order valence-corrected chi connectivity index (χ3v) is 4.92. The highest BCUT2D eigenvalue weighted by atomic mass is 16.2. The van der Waals surface area contributed by atoms with Gasteiger partial charge in [-0.25, -0.2) is 4.98 Å². The van der Waals surface area contributed by atoms with Crippen LogP contribution >= 0.6 is 0 Å². The summed E-state index contributed by atoms with van der Waals surface area (Å²) >= 11 is 0. The van der Waals surface area contributed by atoms with Crippen LogP contribution in [0.4, 0.5) is 0 Å². The van der Waals surface area contributed by atoms with Crippen molar-refractivity contribution in [2.75, 3.05) is 6.54 Å². The molecule has 4 heterocycles. The van der Waals surface area contributed by atoms with Gasteiger partial charge in [0, 0.05) is 31.7 Å². The molecule has 3 aromatic heterocycles. The molecule has 1 atom stereocenters. The Labute approximate surface area is 146 Å². The number of aryl methyl sites for hydroxylation is 3. The van der Waals surface area contributed by atoms with Crippen molar-refractivity contribution in [3.8, 4) is 0 Å². The first kappa shape index (κ1) is 15.8. The Morgan fingerprint density at radius 2 is 2.20 bits per heavy atom. The van der Waals surface area contributed by atoms with Crippen LogP contribution in [0.1, 0.15) is 34.6 Å². The van der Waals surface area contributed by atoms with Crippen molar-refractivity contribution in [2.24, 2.45) is 7.05 Å². The zero-order valence-electron chi connectivity index (χ0n) is 14.8. The first-order valence-electron chi connectivity index (χ1n) is 8.64. The Kier molecular flexibility index (Phi) is 3.78. The molecule has 7 heteroatoms. The summed E-state index contributed by atoms with van der Waals surface area (Å²) in [5, 5.41) is 9.60. The molecule has 1 aliphatic rings. The predicted octanol–water partition coefficient (Wildman–Crippen LogP) is 2.09. The zero-order chi connectivity index (χ0) is 17.6. The molecular weight excluding hydrogens is 316 g/mol. The van der Waals surface area contributed by atoms with E-state index < -0.39 is 0 Å². The maximum absolute atomic E-state index is 13.3. The summed E-state index contributed by atoms with van der Waals surface area (Å²) in [4.78, 5) is 19.9. The summed E-state index contributed by atoms with van der Waals surface area (Å²) in [6.45, 7) is 5.37. The summed E-state index contributed by atoms with van der Waals surface area (Å²) in [6.07, 6.45) is 5.75. The molecule has 1 amide bonds. The van der Waals surface area contributed by atoms with Crippen LogP contribution in [0.2, 0.25) is 0 Å². The summed E-state index contributed by atoms with van der Waals surface area (Å²) in [7, 11) is 1.87. The van der Waals surface area contributed by atoms with E-state index in [2.05, 4.69) is 15.2 Å². The van der Waals surface area contributed by atoms with E-state index in [1.807, 2.05) is 48.8 Å². The Morgan fingerprint density at radius 3 is 2.96 bits per heavy atom. The smallest absolute Gasteiger partial charge is 0.255 e. The van der Waals surface area contributed by atoms with Crippen molar-refractivity contribution in [1.82, 2.24) is 29.4 Å². The van der Waals surface area contributed by atoms with Crippen molar-refractivity contribution in [1.29, 1.82) is 0 Å². The minimum absolute atomic E-state index is 0.0706. The van der Waals surface area contributed by atoms with Crippen molar-refractivity contribution in [3.05, 3.63) is 41.5 Å². The van der Waals surface area contributed by atoms with Gasteiger partial charge in [-0.2, -0.15) is 10.2 Å². The molecule has 0 N–H and O–H groups in total. The number of amides is 1. The van der Waals surface area contributed by atoms with E-state index in [9.17, 15) is 4.79 Å². The molecule has 0 spiro atoms. The summed E-state index contributed by atoms with van der Waals surface area (Å²) in [5.74, 6) is 0.0706. The number of likely N-dealkylation sites (tertiary alicyclic amines) is 1. The number of aromatic nitrogens is 5. The lowest BCUT2D eigenvalue weighted by Crippen LogP contribution is -2.38. The van der Waals surface area contributed by atoms with Gasteiger partial charge in [-0.1, -0.05) is 0 Å². The number of hydrogen-bond acceptors (Lipinski definition) is 4. The van der Waals surface area contributed by atoms with Gasteiger partial charge < -0.3 is 4.90 Å². The molecule has 0 saturated carbocycles. The molecule has 25 heavy (non-hydrogen) atoms. The Balaban J connectivity index is 1.72. The van der Waals surface area contributed by atoms with Gasteiger partial charge in [0.05, 0.1) is 29.2 Å². The van der Waals surface area contributed by atoms with E-state index in [0.29, 0.717) is 5.56 Å².